The Morgan fingerprint density at radius 3 is 1.10 bits per heavy atom. The third kappa shape index (κ3) is 58.7. The summed E-state index contributed by atoms with van der Waals surface area (Å²) >= 11 is 0. The smallest absolute Gasteiger partial charge is 0.305 e. The molecule has 0 aromatic rings. The second-order valence-corrected chi connectivity index (χ2v) is 21.7. The number of esters is 1. The number of allylic oxidation sites excluding steroid dienone is 9. The van der Waals surface area contributed by atoms with Crippen molar-refractivity contribution < 1.29 is 24.5 Å². The lowest BCUT2D eigenvalue weighted by molar-refractivity contribution is -0.143. The molecule has 0 aliphatic carbocycles. The maximum atomic E-state index is 12.4. The van der Waals surface area contributed by atoms with Gasteiger partial charge in [0.1, 0.15) is 0 Å². The summed E-state index contributed by atoms with van der Waals surface area (Å²) in [7, 11) is 0. The Bertz CT molecular complexity index is 1270. The molecule has 0 rings (SSSR count). The molecule has 0 bridgehead atoms. The predicted octanol–water partition coefficient (Wildman–Crippen LogP) is 20.3. The molecule has 426 valence electrons. The van der Waals surface area contributed by atoms with Crippen LogP contribution in [0.5, 0.6) is 0 Å². The van der Waals surface area contributed by atoms with E-state index in [-0.39, 0.29) is 18.5 Å². The van der Waals surface area contributed by atoms with Gasteiger partial charge in [-0.15, -0.1) is 0 Å². The zero-order valence-electron chi connectivity index (χ0n) is 48.6. The van der Waals surface area contributed by atoms with Crippen molar-refractivity contribution in [1.82, 2.24) is 5.32 Å². The number of nitrogens with one attached hydrogen (secondary N) is 1. The summed E-state index contributed by atoms with van der Waals surface area (Å²) in [5, 5.41) is 23.1. The molecule has 0 aliphatic rings. The summed E-state index contributed by atoms with van der Waals surface area (Å²) in [5.74, 6) is -0.0712. The Morgan fingerprint density at radius 1 is 0.384 bits per heavy atom. The van der Waals surface area contributed by atoms with Gasteiger partial charge in [-0.25, -0.2) is 0 Å². The maximum absolute atomic E-state index is 12.4. The van der Waals surface area contributed by atoms with Crippen LogP contribution < -0.4 is 5.32 Å². The molecule has 2 unspecified atom stereocenters. The van der Waals surface area contributed by atoms with Crippen LogP contribution in [0.3, 0.4) is 0 Å². The van der Waals surface area contributed by atoms with E-state index in [1.54, 1.807) is 6.08 Å². The summed E-state index contributed by atoms with van der Waals surface area (Å²) in [6, 6.07) is -0.627. The van der Waals surface area contributed by atoms with Crippen LogP contribution in [0.15, 0.2) is 60.8 Å². The number of carbonyl (C=O) groups excluding carboxylic acids is 2. The van der Waals surface area contributed by atoms with Crippen molar-refractivity contribution in [1.29, 1.82) is 0 Å². The molecular formula is C67H123NO5. The van der Waals surface area contributed by atoms with Gasteiger partial charge >= 0.3 is 5.97 Å². The molecule has 0 aliphatic heterocycles. The summed E-state index contributed by atoms with van der Waals surface area (Å²) < 4.78 is 5.47. The average molecular weight is 1020 g/mol. The number of rotatable bonds is 59. The van der Waals surface area contributed by atoms with Gasteiger partial charge in [-0.3, -0.25) is 9.59 Å². The number of aliphatic hydroxyl groups excluding tert-OH is 2. The number of unbranched alkanes of at least 4 members (excludes halogenated alkanes) is 40. The van der Waals surface area contributed by atoms with E-state index in [4.69, 9.17) is 4.74 Å². The summed E-state index contributed by atoms with van der Waals surface area (Å²) in [4.78, 5) is 24.5. The van der Waals surface area contributed by atoms with Gasteiger partial charge < -0.3 is 20.3 Å². The maximum Gasteiger partial charge on any atom is 0.305 e. The van der Waals surface area contributed by atoms with Gasteiger partial charge in [-0.05, 0) is 89.9 Å². The van der Waals surface area contributed by atoms with Crippen molar-refractivity contribution in [2.24, 2.45) is 0 Å². The van der Waals surface area contributed by atoms with Crippen molar-refractivity contribution in [3.63, 3.8) is 0 Å². The van der Waals surface area contributed by atoms with Gasteiger partial charge in [0.05, 0.1) is 25.4 Å². The molecule has 6 nitrogen and oxygen atoms in total. The molecule has 0 fully saturated rings. The number of carbonyl (C=O) groups is 2. The highest BCUT2D eigenvalue weighted by Gasteiger charge is 2.18. The number of aliphatic hydroxyl groups is 2. The van der Waals surface area contributed by atoms with Gasteiger partial charge in [0.15, 0.2) is 0 Å². The molecule has 1 amide bonds. The summed E-state index contributed by atoms with van der Waals surface area (Å²) in [5.41, 5.74) is 0. The molecular weight excluding hydrogens is 899 g/mol. The molecule has 0 saturated heterocycles. The lowest BCUT2D eigenvalue weighted by Crippen LogP contribution is -2.45. The highest BCUT2D eigenvalue weighted by atomic mass is 16.5. The Hall–Kier alpha value is -2.44. The highest BCUT2D eigenvalue weighted by molar-refractivity contribution is 5.76. The molecule has 2 atom stereocenters. The standard InChI is InChI=1S/C67H123NO5/c1-3-5-7-9-11-13-15-36-41-45-49-53-57-61-67(72)73-62-58-54-50-46-42-38-35-33-31-29-27-25-23-21-19-17-18-20-22-24-26-28-30-32-34-37-40-44-48-52-56-60-66(71)68-64(63-69)65(70)59-55-51-47-43-39-16-14-12-10-8-6-4-2/h7,9,13,15,19,21,25,27,55,59,64-65,69-70H,3-6,8,10-12,14,16-18,20,22-24,26,28-54,56-58,60-63H2,1-2H3,(H,68,71)/b9-7-,15-13-,21-19-,27-25-,59-55+. The Morgan fingerprint density at radius 2 is 0.712 bits per heavy atom. The van der Waals surface area contributed by atoms with Crippen LogP contribution in [0, 0.1) is 0 Å². The summed E-state index contributed by atoms with van der Waals surface area (Å²) in [6.07, 6.45) is 81.4. The van der Waals surface area contributed by atoms with E-state index in [1.807, 2.05) is 6.08 Å². The fourth-order valence-corrected chi connectivity index (χ4v) is 9.59. The van der Waals surface area contributed by atoms with Crippen molar-refractivity contribution in [3.05, 3.63) is 60.8 Å². The van der Waals surface area contributed by atoms with E-state index in [0.29, 0.717) is 19.4 Å². The lowest BCUT2D eigenvalue weighted by atomic mass is 10.0. The van der Waals surface area contributed by atoms with E-state index >= 15 is 0 Å². The molecule has 6 heteroatoms. The van der Waals surface area contributed by atoms with E-state index in [0.717, 1.165) is 57.8 Å². The van der Waals surface area contributed by atoms with Crippen LogP contribution in [0.25, 0.3) is 0 Å². The lowest BCUT2D eigenvalue weighted by Gasteiger charge is -2.20. The molecule has 0 radical (unpaired) electrons. The van der Waals surface area contributed by atoms with E-state index in [9.17, 15) is 19.8 Å². The van der Waals surface area contributed by atoms with E-state index in [2.05, 4.69) is 67.8 Å². The van der Waals surface area contributed by atoms with Gasteiger partial charge in [-0.1, -0.05) is 286 Å². The van der Waals surface area contributed by atoms with Gasteiger partial charge in [-0.2, -0.15) is 0 Å². The van der Waals surface area contributed by atoms with Gasteiger partial charge in [0.25, 0.3) is 0 Å². The van der Waals surface area contributed by atoms with E-state index < -0.39 is 12.1 Å². The minimum absolute atomic E-state index is 0.00313. The largest absolute Gasteiger partial charge is 0.466 e. The van der Waals surface area contributed by atoms with Crippen molar-refractivity contribution in [3.8, 4) is 0 Å². The topological polar surface area (TPSA) is 95.9 Å². The minimum atomic E-state index is -0.844. The molecule has 73 heavy (non-hydrogen) atoms. The zero-order chi connectivity index (χ0) is 52.9. The first-order valence-corrected chi connectivity index (χ1v) is 32.1. The predicted molar refractivity (Wildman–Crippen MR) is 319 cm³/mol. The third-order valence-corrected chi connectivity index (χ3v) is 14.5. The zero-order valence-corrected chi connectivity index (χ0v) is 48.6. The van der Waals surface area contributed by atoms with Crippen LogP contribution in [0.1, 0.15) is 328 Å². The van der Waals surface area contributed by atoms with Crippen LogP contribution in [-0.4, -0.2) is 47.4 Å². The number of hydrogen-bond donors (Lipinski definition) is 3. The molecule has 0 heterocycles. The fraction of sp³-hybridized carbons (Fsp3) is 0.821. The average Bonchev–Trinajstić information content (AvgIpc) is 3.39. The first kappa shape index (κ1) is 70.6. The molecule has 0 spiro atoms. The van der Waals surface area contributed by atoms with Crippen LogP contribution in [-0.2, 0) is 14.3 Å². The number of hydrogen-bond acceptors (Lipinski definition) is 5. The quantitative estimate of drug-likeness (QED) is 0.0320. The molecule has 0 aromatic heterocycles. The first-order valence-electron chi connectivity index (χ1n) is 32.1. The molecule has 3 N–H and O–H groups in total. The Balaban J connectivity index is 3.41. The SMILES string of the molecule is CCC/C=C\C/C=C\CCCCCCCC(=O)OCCCCCCCCCCC/C=C\C/C=C\CCCCCCCCCCCCCCCCCC(=O)NC(CO)C(O)/C=C/CCCCCCCCCCCC. The number of amides is 1. The van der Waals surface area contributed by atoms with Gasteiger partial charge in [0.2, 0.25) is 5.91 Å². The van der Waals surface area contributed by atoms with Crippen molar-refractivity contribution >= 4 is 11.9 Å². The minimum Gasteiger partial charge on any atom is -0.466 e. The molecule has 0 saturated carbocycles. The first-order chi connectivity index (χ1) is 36.0. The second-order valence-electron chi connectivity index (χ2n) is 21.7. The van der Waals surface area contributed by atoms with Crippen LogP contribution >= 0.6 is 0 Å². The Labute approximate surface area is 454 Å². The van der Waals surface area contributed by atoms with E-state index in [1.165, 1.54) is 244 Å². The number of ether oxygens (including phenoxy) is 1. The monoisotopic (exact) mass is 1020 g/mol. The molecule has 0 aromatic carbocycles. The highest BCUT2D eigenvalue weighted by Crippen LogP contribution is 2.17. The van der Waals surface area contributed by atoms with Crippen molar-refractivity contribution in [2.45, 2.75) is 341 Å². The fourth-order valence-electron chi connectivity index (χ4n) is 9.59. The van der Waals surface area contributed by atoms with Gasteiger partial charge in [0, 0.05) is 12.8 Å². The third-order valence-electron chi connectivity index (χ3n) is 14.5. The second kappa shape index (κ2) is 62.1. The normalized spacial score (nSPS) is 13.0. The summed E-state index contributed by atoms with van der Waals surface area (Å²) in [6.45, 7) is 4.83. The Kier molecular flexibility index (Phi) is 60.0. The van der Waals surface area contributed by atoms with Crippen LogP contribution in [0.4, 0.5) is 0 Å². The van der Waals surface area contributed by atoms with Crippen LogP contribution in [0.2, 0.25) is 0 Å². The van der Waals surface area contributed by atoms with Crippen molar-refractivity contribution in [2.75, 3.05) is 13.2 Å².